The first-order valence-corrected chi connectivity index (χ1v) is 13.2. The van der Waals surface area contributed by atoms with Gasteiger partial charge in [-0.25, -0.2) is 0 Å². The number of hydrogen-bond acceptors (Lipinski definition) is 5. The van der Waals surface area contributed by atoms with Crippen LogP contribution in [0.4, 0.5) is 0 Å². The molecule has 1 aromatic carbocycles. The van der Waals surface area contributed by atoms with E-state index in [4.69, 9.17) is 4.74 Å². The van der Waals surface area contributed by atoms with Crippen molar-refractivity contribution >= 4 is 16.7 Å². The molecule has 2 saturated heterocycles. The van der Waals surface area contributed by atoms with Crippen LogP contribution in [0, 0.1) is 5.92 Å². The van der Waals surface area contributed by atoms with E-state index in [2.05, 4.69) is 9.88 Å². The standard InChI is InChI=1S/C29H36N4O3/c1-36-18-17-32(20-23-7-6-16-31-15-5-4-10-27(23)31)29(35)26-21-33(19-22-11-13-30-14-12-22)28(34)25-9-3-2-8-24(25)26/h2-3,8-9,11-14,21,23,27H,4-7,10,15-20H2,1H3/t23-,27+/m0/s1. The van der Waals surface area contributed by atoms with Crippen LogP contribution in [0.25, 0.3) is 10.8 Å². The summed E-state index contributed by atoms with van der Waals surface area (Å²) in [5.74, 6) is 0.438. The van der Waals surface area contributed by atoms with Gasteiger partial charge in [-0.2, -0.15) is 0 Å². The number of hydrogen-bond donors (Lipinski definition) is 0. The van der Waals surface area contributed by atoms with E-state index in [-0.39, 0.29) is 11.5 Å². The topological polar surface area (TPSA) is 67.7 Å². The van der Waals surface area contributed by atoms with Gasteiger partial charge in [-0.1, -0.05) is 24.6 Å². The molecule has 0 unspecified atom stereocenters. The maximum Gasteiger partial charge on any atom is 0.258 e. The Morgan fingerprint density at radius 1 is 1.06 bits per heavy atom. The molecule has 2 aliphatic rings. The zero-order chi connectivity index (χ0) is 24.9. The van der Waals surface area contributed by atoms with Gasteiger partial charge in [0.1, 0.15) is 0 Å². The van der Waals surface area contributed by atoms with Crippen LogP contribution in [-0.4, -0.2) is 71.2 Å². The Morgan fingerprint density at radius 3 is 2.64 bits per heavy atom. The Labute approximate surface area is 212 Å². The fraction of sp³-hybridized carbons (Fsp3) is 0.483. The van der Waals surface area contributed by atoms with Crippen LogP contribution in [0.3, 0.4) is 0 Å². The van der Waals surface area contributed by atoms with Crippen molar-refractivity contribution in [2.45, 2.75) is 44.7 Å². The van der Waals surface area contributed by atoms with Crippen molar-refractivity contribution < 1.29 is 9.53 Å². The van der Waals surface area contributed by atoms with Crippen molar-refractivity contribution in [2.75, 3.05) is 39.9 Å². The van der Waals surface area contributed by atoms with Crippen LogP contribution < -0.4 is 5.56 Å². The van der Waals surface area contributed by atoms with Crippen molar-refractivity contribution in [3.05, 3.63) is 76.5 Å². The molecule has 3 aromatic rings. The zero-order valence-corrected chi connectivity index (χ0v) is 21.1. The highest BCUT2D eigenvalue weighted by Crippen LogP contribution is 2.32. The van der Waals surface area contributed by atoms with Crippen molar-refractivity contribution in [1.82, 2.24) is 19.4 Å². The Balaban J connectivity index is 1.49. The largest absolute Gasteiger partial charge is 0.383 e. The summed E-state index contributed by atoms with van der Waals surface area (Å²) in [6, 6.07) is 11.8. The van der Waals surface area contributed by atoms with E-state index in [9.17, 15) is 9.59 Å². The minimum absolute atomic E-state index is 0.0281. The molecule has 2 aromatic heterocycles. The Morgan fingerprint density at radius 2 is 1.83 bits per heavy atom. The summed E-state index contributed by atoms with van der Waals surface area (Å²) in [5.41, 5.74) is 1.45. The van der Waals surface area contributed by atoms with Crippen LogP contribution in [0.2, 0.25) is 0 Å². The maximum absolute atomic E-state index is 14.1. The molecule has 190 valence electrons. The quantitative estimate of drug-likeness (QED) is 0.483. The lowest BCUT2D eigenvalue weighted by Gasteiger charge is -2.45. The molecule has 0 N–H and O–H groups in total. The van der Waals surface area contributed by atoms with Gasteiger partial charge in [0.05, 0.1) is 18.7 Å². The van der Waals surface area contributed by atoms with E-state index >= 15 is 0 Å². The van der Waals surface area contributed by atoms with E-state index in [0.29, 0.717) is 48.0 Å². The Hall–Kier alpha value is -3.03. The van der Waals surface area contributed by atoms with Gasteiger partial charge in [-0.05, 0) is 68.5 Å². The lowest BCUT2D eigenvalue weighted by atomic mass is 9.83. The van der Waals surface area contributed by atoms with Crippen LogP contribution in [0.15, 0.2) is 59.8 Å². The van der Waals surface area contributed by atoms with Crippen molar-refractivity contribution in [3.8, 4) is 0 Å². The molecule has 2 aliphatic heterocycles. The molecule has 2 fully saturated rings. The summed E-state index contributed by atoms with van der Waals surface area (Å²) >= 11 is 0. The lowest BCUT2D eigenvalue weighted by molar-refractivity contribution is 0.0316. The van der Waals surface area contributed by atoms with Gasteiger partial charge in [0.2, 0.25) is 0 Å². The number of ether oxygens (including phenoxy) is 1. The molecule has 2 atom stereocenters. The summed E-state index contributed by atoms with van der Waals surface area (Å²) in [6.07, 6.45) is 11.3. The van der Waals surface area contributed by atoms with Crippen molar-refractivity contribution in [3.63, 3.8) is 0 Å². The lowest BCUT2D eigenvalue weighted by Crippen LogP contribution is -2.52. The molecular formula is C29H36N4O3. The van der Waals surface area contributed by atoms with Gasteiger partial charge >= 0.3 is 0 Å². The fourth-order valence-corrected chi connectivity index (χ4v) is 6.04. The third-order valence-corrected chi connectivity index (χ3v) is 7.86. The second-order valence-electron chi connectivity index (χ2n) is 10.1. The highest BCUT2D eigenvalue weighted by molar-refractivity contribution is 6.06. The van der Waals surface area contributed by atoms with Gasteiger partial charge in [-0.3, -0.25) is 14.6 Å². The second-order valence-corrected chi connectivity index (χ2v) is 10.1. The van der Waals surface area contributed by atoms with Gasteiger partial charge in [0, 0.05) is 55.6 Å². The number of methoxy groups -OCH3 is 1. The number of carbonyl (C=O) groups is 1. The first-order valence-electron chi connectivity index (χ1n) is 13.2. The predicted octanol–water partition coefficient (Wildman–Crippen LogP) is 3.80. The van der Waals surface area contributed by atoms with Crippen LogP contribution in [-0.2, 0) is 11.3 Å². The number of amides is 1. The fourth-order valence-electron chi connectivity index (χ4n) is 6.04. The van der Waals surface area contributed by atoms with Gasteiger partial charge in [0.15, 0.2) is 0 Å². The van der Waals surface area contributed by atoms with Crippen LogP contribution in [0.1, 0.15) is 48.0 Å². The molecule has 7 nitrogen and oxygen atoms in total. The van der Waals surface area contributed by atoms with E-state index in [0.717, 1.165) is 18.5 Å². The SMILES string of the molecule is COCCN(C[C@@H]1CCCN2CCCC[C@H]12)C(=O)c1cn(Cc2ccncc2)c(=O)c2ccccc12. The second kappa shape index (κ2) is 11.4. The number of fused-ring (bicyclic) bond motifs is 2. The maximum atomic E-state index is 14.1. The first kappa shape index (κ1) is 24.7. The zero-order valence-electron chi connectivity index (χ0n) is 21.1. The molecule has 1 amide bonds. The highest BCUT2D eigenvalue weighted by atomic mass is 16.5. The molecule has 7 heteroatoms. The number of piperidine rings is 2. The highest BCUT2D eigenvalue weighted by Gasteiger charge is 2.35. The van der Waals surface area contributed by atoms with Gasteiger partial charge in [0.25, 0.3) is 11.5 Å². The summed E-state index contributed by atoms with van der Waals surface area (Å²) < 4.78 is 7.05. The normalized spacial score (nSPS) is 20.2. The molecule has 36 heavy (non-hydrogen) atoms. The van der Waals surface area contributed by atoms with E-state index in [1.54, 1.807) is 30.3 Å². The smallest absolute Gasteiger partial charge is 0.258 e. The van der Waals surface area contributed by atoms with E-state index in [1.807, 2.05) is 41.3 Å². The minimum atomic E-state index is -0.0902. The number of benzene rings is 1. The summed E-state index contributed by atoms with van der Waals surface area (Å²) in [5, 5.41) is 1.28. The molecule has 0 spiro atoms. The van der Waals surface area contributed by atoms with E-state index in [1.165, 1.54) is 38.8 Å². The monoisotopic (exact) mass is 488 g/mol. The third kappa shape index (κ3) is 5.22. The molecule has 4 heterocycles. The number of aromatic nitrogens is 2. The average molecular weight is 489 g/mol. The molecule has 0 radical (unpaired) electrons. The van der Waals surface area contributed by atoms with Gasteiger partial charge < -0.3 is 19.1 Å². The first-order chi connectivity index (χ1) is 17.7. The van der Waals surface area contributed by atoms with Crippen molar-refractivity contribution in [2.24, 2.45) is 5.92 Å². The summed E-state index contributed by atoms with van der Waals surface area (Å²) in [4.78, 5) is 36.2. The average Bonchev–Trinajstić information content (AvgIpc) is 2.93. The number of nitrogens with zero attached hydrogens (tertiary/aromatic N) is 4. The Kier molecular flexibility index (Phi) is 7.78. The molecule has 0 saturated carbocycles. The van der Waals surface area contributed by atoms with Crippen LogP contribution >= 0.6 is 0 Å². The molecule has 0 aliphatic carbocycles. The number of carbonyl (C=O) groups excluding carboxylic acids is 1. The van der Waals surface area contributed by atoms with Crippen LogP contribution in [0.5, 0.6) is 0 Å². The molecular weight excluding hydrogens is 452 g/mol. The van der Waals surface area contributed by atoms with E-state index < -0.39 is 0 Å². The third-order valence-electron chi connectivity index (χ3n) is 7.86. The van der Waals surface area contributed by atoms with Gasteiger partial charge in [-0.15, -0.1) is 0 Å². The summed E-state index contributed by atoms with van der Waals surface area (Å²) in [7, 11) is 1.68. The predicted molar refractivity (Wildman–Crippen MR) is 141 cm³/mol. The summed E-state index contributed by atoms with van der Waals surface area (Å²) in [6.45, 7) is 4.50. The number of rotatable bonds is 8. The number of pyridine rings is 2. The molecule has 5 rings (SSSR count). The minimum Gasteiger partial charge on any atom is -0.383 e. The molecule has 0 bridgehead atoms. The van der Waals surface area contributed by atoms with Crippen molar-refractivity contribution in [1.29, 1.82) is 0 Å². The Bertz CT molecular complexity index is 1240.